The predicted molar refractivity (Wildman–Crippen MR) is 94.0 cm³/mol. The van der Waals surface area contributed by atoms with Gasteiger partial charge < -0.3 is 14.2 Å². The molecule has 8 nitrogen and oxygen atoms in total. The van der Waals surface area contributed by atoms with E-state index in [1.807, 2.05) is 0 Å². The Hall–Kier alpha value is -2.39. The predicted octanol–water partition coefficient (Wildman–Crippen LogP) is 1.73. The lowest BCUT2D eigenvalue weighted by Gasteiger charge is -2.32. The Morgan fingerprint density at radius 2 is 2.04 bits per heavy atom. The monoisotopic (exact) mass is 379 g/mol. The Balaban J connectivity index is 1.80. The van der Waals surface area contributed by atoms with Crippen LogP contribution in [0.2, 0.25) is 0 Å². The average Bonchev–Trinajstić information content (AvgIpc) is 2.68. The van der Waals surface area contributed by atoms with Crippen LogP contribution in [-0.2, 0) is 10.0 Å². The van der Waals surface area contributed by atoms with Gasteiger partial charge in [0.1, 0.15) is 22.5 Å². The van der Waals surface area contributed by atoms with Gasteiger partial charge in [-0.25, -0.2) is 13.4 Å². The standard InChI is InChI=1S/C17H21N3O5S/c1-23-13-5-6-16(15(10-13)24-2)26(21,22)20-9-3-4-14(12-20)25-17-11-18-7-8-19-17/h5-8,10-11,14H,3-4,9,12H2,1-2H3. The fourth-order valence-electron chi connectivity index (χ4n) is 2.86. The van der Waals surface area contributed by atoms with Crippen molar-refractivity contribution in [3.05, 3.63) is 36.8 Å². The molecule has 2 aromatic rings. The van der Waals surface area contributed by atoms with Gasteiger partial charge in [0, 0.05) is 25.0 Å². The normalized spacial score (nSPS) is 18.3. The number of benzene rings is 1. The molecule has 1 aromatic carbocycles. The number of sulfonamides is 1. The number of methoxy groups -OCH3 is 2. The Bertz CT molecular complexity index is 845. The Kier molecular flexibility index (Phi) is 5.58. The van der Waals surface area contributed by atoms with E-state index in [-0.39, 0.29) is 23.3 Å². The van der Waals surface area contributed by atoms with Crippen molar-refractivity contribution in [2.24, 2.45) is 0 Å². The number of hydrogen-bond acceptors (Lipinski definition) is 7. The smallest absolute Gasteiger partial charge is 0.246 e. The molecular formula is C17H21N3O5S. The minimum atomic E-state index is -3.72. The second kappa shape index (κ2) is 7.88. The zero-order valence-corrected chi connectivity index (χ0v) is 15.5. The second-order valence-electron chi connectivity index (χ2n) is 5.81. The molecule has 0 spiro atoms. The van der Waals surface area contributed by atoms with E-state index in [2.05, 4.69) is 9.97 Å². The van der Waals surface area contributed by atoms with Gasteiger partial charge in [-0.1, -0.05) is 0 Å². The number of aromatic nitrogens is 2. The van der Waals surface area contributed by atoms with Crippen LogP contribution in [0, 0.1) is 0 Å². The first-order valence-electron chi connectivity index (χ1n) is 8.19. The van der Waals surface area contributed by atoms with Crippen molar-refractivity contribution in [1.29, 1.82) is 0 Å². The molecule has 1 saturated heterocycles. The zero-order valence-electron chi connectivity index (χ0n) is 14.7. The van der Waals surface area contributed by atoms with Crippen LogP contribution in [0.4, 0.5) is 0 Å². The lowest BCUT2D eigenvalue weighted by atomic mass is 10.1. The van der Waals surface area contributed by atoms with E-state index < -0.39 is 10.0 Å². The number of ether oxygens (including phenoxy) is 3. The van der Waals surface area contributed by atoms with Gasteiger partial charge in [0.15, 0.2) is 0 Å². The topological polar surface area (TPSA) is 90.9 Å². The third-order valence-electron chi connectivity index (χ3n) is 4.16. The van der Waals surface area contributed by atoms with Gasteiger partial charge in [0.25, 0.3) is 0 Å². The SMILES string of the molecule is COc1ccc(S(=O)(=O)N2CCCC(Oc3cnccn3)C2)c(OC)c1. The summed E-state index contributed by atoms with van der Waals surface area (Å²) in [7, 11) is -0.768. The van der Waals surface area contributed by atoms with Crippen LogP contribution >= 0.6 is 0 Å². The third kappa shape index (κ3) is 3.88. The maximum atomic E-state index is 13.1. The Morgan fingerprint density at radius 1 is 1.19 bits per heavy atom. The van der Waals surface area contributed by atoms with Crippen molar-refractivity contribution in [2.75, 3.05) is 27.3 Å². The molecule has 0 radical (unpaired) electrons. The van der Waals surface area contributed by atoms with Crippen LogP contribution in [0.5, 0.6) is 17.4 Å². The van der Waals surface area contributed by atoms with Crippen LogP contribution in [-0.4, -0.2) is 56.1 Å². The van der Waals surface area contributed by atoms with Gasteiger partial charge in [-0.05, 0) is 25.0 Å². The molecule has 2 heterocycles. The van der Waals surface area contributed by atoms with Gasteiger partial charge in [0.05, 0.1) is 27.0 Å². The highest BCUT2D eigenvalue weighted by atomic mass is 32.2. The summed E-state index contributed by atoms with van der Waals surface area (Å²) in [5.41, 5.74) is 0. The highest BCUT2D eigenvalue weighted by molar-refractivity contribution is 7.89. The first-order chi connectivity index (χ1) is 12.5. The Morgan fingerprint density at radius 3 is 2.73 bits per heavy atom. The summed E-state index contributed by atoms with van der Waals surface area (Å²) in [6, 6.07) is 4.66. The van der Waals surface area contributed by atoms with Crippen molar-refractivity contribution in [3.8, 4) is 17.4 Å². The second-order valence-corrected chi connectivity index (χ2v) is 7.71. The van der Waals surface area contributed by atoms with Crippen LogP contribution in [0.3, 0.4) is 0 Å². The van der Waals surface area contributed by atoms with E-state index in [0.29, 0.717) is 24.6 Å². The molecule has 1 aromatic heterocycles. The molecule has 9 heteroatoms. The summed E-state index contributed by atoms with van der Waals surface area (Å²) in [5.74, 6) is 1.17. The van der Waals surface area contributed by atoms with Gasteiger partial charge in [0.2, 0.25) is 15.9 Å². The minimum absolute atomic E-state index is 0.112. The van der Waals surface area contributed by atoms with Crippen LogP contribution in [0.1, 0.15) is 12.8 Å². The van der Waals surface area contributed by atoms with Crippen LogP contribution < -0.4 is 14.2 Å². The van der Waals surface area contributed by atoms with E-state index in [1.54, 1.807) is 18.3 Å². The molecule has 26 heavy (non-hydrogen) atoms. The van der Waals surface area contributed by atoms with Gasteiger partial charge in [-0.2, -0.15) is 4.31 Å². The van der Waals surface area contributed by atoms with E-state index in [0.717, 1.165) is 6.42 Å². The first-order valence-corrected chi connectivity index (χ1v) is 9.63. The summed E-state index contributed by atoms with van der Waals surface area (Å²) in [5, 5.41) is 0. The van der Waals surface area contributed by atoms with Crippen molar-refractivity contribution >= 4 is 10.0 Å². The number of piperidine rings is 1. The molecule has 0 amide bonds. The zero-order chi connectivity index (χ0) is 18.6. The quantitative estimate of drug-likeness (QED) is 0.755. The molecule has 1 aliphatic heterocycles. The number of rotatable bonds is 6. The van der Waals surface area contributed by atoms with Crippen molar-refractivity contribution < 1.29 is 22.6 Å². The first kappa shape index (κ1) is 18.4. The maximum absolute atomic E-state index is 13.1. The average molecular weight is 379 g/mol. The molecule has 1 aliphatic rings. The number of nitrogens with zero attached hydrogens (tertiary/aromatic N) is 3. The molecule has 1 fully saturated rings. The van der Waals surface area contributed by atoms with Crippen LogP contribution in [0.15, 0.2) is 41.7 Å². The van der Waals surface area contributed by atoms with Crippen molar-refractivity contribution in [2.45, 2.75) is 23.8 Å². The highest BCUT2D eigenvalue weighted by Gasteiger charge is 2.33. The maximum Gasteiger partial charge on any atom is 0.246 e. The molecule has 3 rings (SSSR count). The molecule has 140 valence electrons. The summed E-state index contributed by atoms with van der Waals surface area (Å²) < 4.78 is 43.8. The summed E-state index contributed by atoms with van der Waals surface area (Å²) >= 11 is 0. The Labute approximate surface area is 152 Å². The molecule has 0 N–H and O–H groups in total. The highest BCUT2D eigenvalue weighted by Crippen LogP contribution is 2.32. The van der Waals surface area contributed by atoms with Gasteiger partial charge >= 0.3 is 0 Å². The molecule has 0 saturated carbocycles. The molecular weight excluding hydrogens is 358 g/mol. The van der Waals surface area contributed by atoms with Crippen molar-refractivity contribution in [3.63, 3.8) is 0 Å². The fraction of sp³-hybridized carbons (Fsp3) is 0.412. The van der Waals surface area contributed by atoms with E-state index in [4.69, 9.17) is 14.2 Å². The van der Waals surface area contributed by atoms with E-state index >= 15 is 0 Å². The largest absolute Gasteiger partial charge is 0.497 e. The minimum Gasteiger partial charge on any atom is -0.497 e. The molecule has 0 bridgehead atoms. The lowest BCUT2D eigenvalue weighted by Crippen LogP contribution is -2.44. The third-order valence-corrected chi connectivity index (χ3v) is 6.06. The summed E-state index contributed by atoms with van der Waals surface area (Å²) in [6.45, 7) is 0.673. The van der Waals surface area contributed by atoms with Gasteiger partial charge in [-0.3, -0.25) is 4.98 Å². The molecule has 1 atom stereocenters. The van der Waals surface area contributed by atoms with E-state index in [1.165, 1.54) is 37.0 Å². The lowest BCUT2D eigenvalue weighted by molar-refractivity contribution is 0.124. The van der Waals surface area contributed by atoms with Crippen LogP contribution in [0.25, 0.3) is 0 Å². The van der Waals surface area contributed by atoms with Crippen molar-refractivity contribution in [1.82, 2.24) is 14.3 Å². The summed E-state index contributed by atoms with van der Waals surface area (Å²) in [4.78, 5) is 8.15. The van der Waals surface area contributed by atoms with E-state index in [9.17, 15) is 8.42 Å². The molecule has 0 aliphatic carbocycles. The fourth-order valence-corrected chi connectivity index (χ4v) is 4.51. The summed E-state index contributed by atoms with van der Waals surface area (Å²) in [6.07, 6.45) is 5.78. The number of hydrogen-bond donors (Lipinski definition) is 0. The van der Waals surface area contributed by atoms with Gasteiger partial charge in [-0.15, -0.1) is 0 Å². The molecule has 1 unspecified atom stereocenters.